The van der Waals surface area contributed by atoms with Crippen molar-refractivity contribution in [2.45, 2.75) is 41.5 Å². The fourth-order valence-electron chi connectivity index (χ4n) is 5.80. The third-order valence-electron chi connectivity index (χ3n) is 7.75. The van der Waals surface area contributed by atoms with Gasteiger partial charge in [-0.25, -0.2) is 4.99 Å². The van der Waals surface area contributed by atoms with Gasteiger partial charge in [0.05, 0.1) is 11.0 Å². The standard InChI is InChI=1S/C37H34N2O/c1-22-18-26(5)37(27(6)19-22)39-29-15-17-32-34(21-29)40-33-20-28(38-36-24(3)11-9-12-25(36)4)14-16-31(33)35(32)30-13-8-7-10-23(30)2/h7-21,38H,1-6H3. The lowest BCUT2D eigenvalue weighted by Gasteiger charge is -2.18. The molecular formula is C37H34N2O. The highest BCUT2D eigenvalue weighted by atomic mass is 16.3. The highest BCUT2D eigenvalue weighted by Crippen LogP contribution is 2.42. The molecule has 0 unspecified atom stereocenters. The van der Waals surface area contributed by atoms with Crippen LogP contribution in [0.15, 0.2) is 100 Å². The molecule has 0 saturated heterocycles. The number of nitrogens with one attached hydrogen (secondary N) is 1. The number of fused-ring (bicyclic) bond motifs is 2. The van der Waals surface area contributed by atoms with Crippen LogP contribution in [-0.4, -0.2) is 0 Å². The number of rotatable bonds is 4. The van der Waals surface area contributed by atoms with Crippen LogP contribution >= 0.6 is 0 Å². The van der Waals surface area contributed by atoms with Crippen LogP contribution in [0.3, 0.4) is 0 Å². The third kappa shape index (κ3) is 4.69. The minimum absolute atomic E-state index is 0.818. The second kappa shape index (κ2) is 10.2. The van der Waals surface area contributed by atoms with Crippen molar-refractivity contribution in [3.8, 4) is 22.5 Å². The summed E-state index contributed by atoms with van der Waals surface area (Å²) in [5.41, 5.74) is 14.7. The second-order valence-corrected chi connectivity index (χ2v) is 10.9. The molecule has 4 aromatic rings. The zero-order valence-electron chi connectivity index (χ0n) is 24.0. The Bertz CT molecular complexity index is 1900. The van der Waals surface area contributed by atoms with Crippen LogP contribution in [0.2, 0.25) is 0 Å². The van der Waals surface area contributed by atoms with Crippen LogP contribution < -0.4 is 10.7 Å². The van der Waals surface area contributed by atoms with Gasteiger partial charge in [-0.1, -0.05) is 60.2 Å². The van der Waals surface area contributed by atoms with E-state index in [2.05, 4.69) is 138 Å². The maximum atomic E-state index is 6.65. The molecule has 6 rings (SSSR count). The smallest absolute Gasteiger partial charge is 0.137 e. The molecule has 1 aliphatic carbocycles. The monoisotopic (exact) mass is 522 g/mol. The molecule has 2 aliphatic rings. The van der Waals surface area contributed by atoms with Gasteiger partial charge < -0.3 is 9.73 Å². The van der Waals surface area contributed by atoms with E-state index in [4.69, 9.17) is 9.41 Å². The van der Waals surface area contributed by atoms with Crippen molar-refractivity contribution in [2.24, 2.45) is 4.99 Å². The van der Waals surface area contributed by atoms with Gasteiger partial charge in [0.25, 0.3) is 0 Å². The molecule has 0 radical (unpaired) electrons. The molecular weight excluding hydrogens is 488 g/mol. The minimum Gasteiger partial charge on any atom is -0.456 e. The summed E-state index contributed by atoms with van der Waals surface area (Å²) in [5, 5.41) is 5.60. The molecule has 0 fully saturated rings. The zero-order valence-corrected chi connectivity index (χ0v) is 24.0. The van der Waals surface area contributed by atoms with Gasteiger partial charge in [-0.3, -0.25) is 0 Å². The van der Waals surface area contributed by atoms with Crippen molar-refractivity contribution in [2.75, 3.05) is 5.32 Å². The van der Waals surface area contributed by atoms with Crippen molar-refractivity contribution in [1.82, 2.24) is 0 Å². The largest absolute Gasteiger partial charge is 0.456 e. The van der Waals surface area contributed by atoms with Gasteiger partial charge in [-0.15, -0.1) is 0 Å². The van der Waals surface area contributed by atoms with E-state index in [0.29, 0.717) is 0 Å². The summed E-state index contributed by atoms with van der Waals surface area (Å²) >= 11 is 0. The summed E-state index contributed by atoms with van der Waals surface area (Å²) in [7, 11) is 0. The molecule has 1 N–H and O–H groups in total. The van der Waals surface area contributed by atoms with E-state index >= 15 is 0 Å². The molecule has 40 heavy (non-hydrogen) atoms. The molecule has 3 nitrogen and oxygen atoms in total. The fourth-order valence-corrected chi connectivity index (χ4v) is 5.80. The Labute approximate surface area is 236 Å². The first-order valence-corrected chi connectivity index (χ1v) is 13.8. The molecule has 0 spiro atoms. The van der Waals surface area contributed by atoms with E-state index in [9.17, 15) is 0 Å². The van der Waals surface area contributed by atoms with E-state index < -0.39 is 0 Å². The molecule has 4 aromatic carbocycles. The van der Waals surface area contributed by atoms with E-state index in [1.54, 1.807) is 0 Å². The molecule has 1 heterocycles. The predicted octanol–water partition coefficient (Wildman–Crippen LogP) is 10.0. The Balaban J connectivity index is 1.59. The lowest BCUT2D eigenvalue weighted by molar-refractivity contribution is 0.619. The van der Waals surface area contributed by atoms with Gasteiger partial charge in [0.15, 0.2) is 0 Å². The SMILES string of the molecule is Cc1cc(C)c(N=c2ccc3c(-c4ccccc4C)c4ccc(Nc5c(C)cccc5C)cc4oc-3c2)c(C)c1. The van der Waals surface area contributed by atoms with Crippen LogP contribution in [-0.2, 0) is 0 Å². The number of hydrogen-bond acceptors (Lipinski definition) is 3. The van der Waals surface area contributed by atoms with E-state index in [1.165, 1.54) is 44.5 Å². The molecule has 198 valence electrons. The summed E-state index contributed by atoms with van der Waals surface area (Å²) in [5.74, 6) is 0.818. The first-order chi connectivity index (χ1) is 19.3. The number of anilines is 2. The van der Waals surface area contributed by atoms with Crippen LogP contribution in [0, 0.1) is 41.5 Å². The number of nitrogens with zero attached hydrogens (tertiary/aromatic N) is 1. The van der Waals surface area contributed by atoms with Crippen LogP contribution in [0.4, 0.5) is 17.1 Å². The Morgan fingerprint density at radius 3 is 2.02 bits per heavy atom. The van der Waals surface area contributed by atoms with E-state index in [-0.39, 0.29) is 0 Å². The third-order valence-corrected chi connectivity index (χ3v) is 7.75. The first kappa shape index (κ1) is 25.6. The Hall–Kier alpha value is -4.63. The zero-order chi connectivity index (χ0) is 28.0. The van der Waals surface area contributed by atoms with Crippen molar-refractivity contribution < 1.29 is 4.42 Å². The maximum Gasteiger partial charge on any atom is 0.137 e. The van der Waals surface area contributed by atoms with E-state index in [1.807, 2.05) is 0 Å². The number of aryl methyl sites for hydroxylation is 6. The van der Waals surface area contributed by atoms with Gasteiger partial charge in [0.1, 0.15) is 11.3 Å². The highest BCUT2D eigenvalue weighted by Gasteiger charge is 2.19. The first-order valence-electron chi connectivity index (χ1n) is 13.8. The Morgan fingerprint density at radius 2 is 1.30 bits per heavy atom. The van der Waals surface area contributed by atoms with Crippen molar-refractivity contribution in [3.05, 3.63) is 130 Å². The molecule has 0 atom stereocenters. The summed E-state index contributed by atoms with van der Waals surface area (Å²) in [6, 6.07) is 32.0. The van der Waals surface area contributed by atoms with Crippen LogP contribution in [0.1, 0.15) is 33.4 Å². The molecule has 1 aliphatic heterocycles. The van der Waals surface area contributed by atoms with Gasteiger partial charge in [-0.2, -0.15) is 0 Å². The summed E-state index contributed by atoms with van der Waals surface area (Å²) in [4.78, 5) is 5.05. The number of para-hydroxylation sites is 1. The lowest BCUT2D eigenvalue weighted by atomic mass is 9.91. The number of hydrogen-bond donors (Lipinski definition) is 1. The molecule has 0 bridgehead atoms. The summed E-state index contributed by atoms with van der Waals surface area (Å²) in [6.07, 6.45) is 0. The predicted molar refractivity (Wildman–Crippen MR) is 168 cm³/mol. The molecule has 3 heteroatoms. The average Bonchev–Trinajstić information content (AvgIpc) is 2.92. The summed E-state index contributed by atoms with van der Waals surface area (Å²) in [6.45, 7) is 12.8. The maximum absolute atomic E-state index is 6.65. The average molecular weight is 523 g/mol. The fraction of sp³-hybridized carbons (Fsp3) is 0.162. The van der Waals surface area contributed by atoms with Gasteiger partial charge in [0, 0.05) is 40.0 Å². The van der Waals surface area contributed by atoms with Crippen molar-refractivity contribution >= 4 is 28.0 Å². The van der Waals surface area contributed by atoms with Crippen molar-refractivity contribution in [3.63, 3.8) is 0 Å². The number of benzene rings is 5. The van der Waals surface area contributed by atoms with Gasteiger partial charge in [-0.05, 0) is 99.2 Å². The summed E-state index contributed by atoms with van der Waals surface area (Å²) < 4.78 is 6.65. The van der Waals surface area contributed by atoms with Gasteiger partial charge >= 0.3 is 0 Å². The topological polar surface area (TPSA) is 37.5 Å². The molecule has 0 saturated carbocycles. The Kier molecular flexibility index (Phi) is 6.51. The van der Waals surface area contributed by atoms with Crippen LogP contribution in [0.25, 0.3) is 33.4 Å². The molecule has 0 aromatic heterocycles. The van der Waals surface area contributed by atoms with Gasteiger partial charge in [0.2, 0.25) is 0 Å². The normalized spacial score (nSPS) is 11.9. The lowest BCUT2D eigenvalue weighted by Crippen LogP contribution is -2.03. The van der Waals surface area contributed by atoms with Crippen molar-refractivity contribution in [1.29, 1.82) is 0 Å². The highest BCUT2D eigenvalue weighted by molar-refractivity contribution is 6.03. The van der Waals surface area contributed by atoms with E-state index in [0.717, 1.165) is 44.7 Å². The van der Waals surface area contributed by atoms with Crippen LogP contribution in [0.5, 0.6) is 0 Å². The molecule has 0 amide bonds. The minimum atomic E-state index is 0.818. The second-order valence-electron chi connectivity index (χ2n) is 10.9. The Morgan fingerprint density at radius 1 is 0.600 bits per heavy atom. The quantitative estimate of drug-likeness (QED) is 0.234.